The van der Waals surface area contributed by atoms with Crippen LogP contribution in [-0.2, 0) is 0 Å². The first kappa shape index (κ1) is 12.8. The van der Waals surface area contributed by atoms with Crippen LogP contribution in [0.1, 0.15) is 12.0 Å². The fraction of sp³-hybridized carbons (Fsp3) is 0.462. The van der Waals surface area contributed by atoms with E-state index in [4.69, 9.17) is 5.26 Å². The lowest BCUT2D eigenvalue weighted by atomic mass is 10.2. The van der Waals surface area contributed by atoms with Crippen LogP contribution in [0, 0.1) is 23.0 Å². The fourth-order valence-electron chi connectivity index (χ4n) is 2.30. The number of halogens is 2. The second-order valence-corrected chi connectivity index (χ2v) is 4.75. The van der Waals surface area contributed by atoms with Crippen LogP contribution in [-0.4, -0.2) is 38.1 Å². The highest BCUT2D eigenvalue weighted by atomic mass is 19.1. The molecule has 1 saturated heterocycles. The van der Waals surface area contributed by atoms with E-state index in [1.807, 2.05) is 14.1 Å². The number of benzene rings is 1. The van der Waals surface area contributed by atoms with Gasteiger partial charge in [-0.15, -0.1) is 0 Å². The zero-order valence-corrected chi connectivity index (χ0v) is 10.5. The van der Waals surface area contributed by atoms with Crippen LogP contribution in [0.2, 0.25) is 0 Å². The van der Waals surface area contributed by atoms with Crippen molar-refractivity contribution in [3.8, 4) is 6.07 Å². The fourth-order valence-corrected chi connectivity index (χ4v) is 2.30. The third-order valence-electron chi connectivity index (χ3n) is 3.36. The van der Waals surface area contributed by atoms with Gasteiger partial charge in [0.2, 0.25) is 0 Å². The van der Waals surface area contributed by atoms with Crippen molar-refractivity contribution < 1.29 is 8.78 Å². The topological polar surface area (TPSA) is 30.3 Å². The van der Waals surface area contributed by atoms with E-state index in [9.17, 15) is 8.78 Å². The van der Waals surface area contributed by atoms with Gasteiger partial charge < -0.3 is 9.80 Å². The van der Waals surface area contributed by atoms with Crippen LogP contribution in [0.15, 0.2) is 12.1 Å². The van der Waals surface area contributed by atoms with Crippen molar-refractivity contribution in [3.63, 3.8) is 0 Å². The zero-order valence-electron chi connectivity index (χ0n) is 10.5. The highest BCUT2D eigenvalue weighted by molar-refractivity contribution is 5.53. The molecule has 0 bridgehead atoms. The van der Waals surface area contributed by atoms with Gasteiger partial charge >= 0.3 is 0 Å². The van der Waals surface area contributed by atoms with Crippen LogP contribution >= 0.6 is 0 Å². The van der Waals surface area contributed by atoms with Gasteiger partial charge in [0.1, 0.15) is 5.69 Å². The molecule has 0 aromatic heterocycles. The van der Waals surface area contributed by atoms with Crippen LogP contribution in [0.5, 0.6) is 0 Å². The lowest BCUT2D eigenvalue weighted by Crippen LogP contribution is -2.32. The van der Waals surface area contributed by atoms with Gasteiger partial charge in [0.25, 0.3) is 0 Å². The predicted octanol–water partition coefficient (Wildman–Crippen LogP) is 1.98. The van der Waals surface area contributed by atoms with E-state index in [2.05, 4.69) is 4.90 Å². The molecule has 0 spiro atoms. The summed E-state index contributed by atoms with van der Waals surface area (Å²) < 4.78 is 27.7. The Morgan fingerprint density at radius 3 is 2.39 bits per heavy atom. The molecule has 1 atom stereocenters. The molecule has 3 nitrogen and oxygen atoms in total. The monoisotopic (exact) mass is 251 g/mol. The largest absolute Gasteiger partial charge is 0.365 e. The SMILES string of the molecule is CN(C)C1CCN(c2c(F)cc(C#N)cc2F)C1. The van der Waals surface area contributed by atoms with Crippen LogP contribution in [0.4, 0.5) is 14.5 Å². The third kappa shape index (κ3) is 2.29. The zero-order chi connectivity index (χ0) is 13.3. The summed E-state index contributed by atoms with van der Waals surface area (Å²) in [6.07, 6.45) is 0.881. The van der Waals surface area contributed by atoms with E-state index in [1.54, 1.807) is 11.0 Å². The Labute approximate surface area is 105 Å². The Balaban J connectivity index is 2.28. The average molecular weight is 251 g/mol. The van der Waals surface area contributed by atoms with Crippen molar-refractivity contribution in [2.45, 2.75) is 12.5 Å². The minimum absolute atomic E-state index is 0.0112. The first-order valence-electron chi connectivity index (χ1n) is 5.83. The average Bonchev–Trinajstić information content (AvgIpc) is 2.77. The molecule has 1 heterocycles. The van der Waals surface area contributed by atoms with E-state index in [1.165, 1.54) is 0 Å². The quantitative estimate of drug-likeness (QED) is 0.805. The molecule has 0 N–H and O–H groups in total. The second-order valence-electron chi connectivity index (χ2n) is 4.75. The van der Waals surface area contributed by atoms with Gasteiger partial charge in [0, 0.05) is 19.1 Å². The van der Waals surface area contributed by atoms with Crippen molar-refractivity contribution in [2.75, 3.05) is 32.1 Å². The highest BCUT2D eigenvalue weighted by Crippen LogP contribution is 2.28. The van der Waals surface area contributed by atoms with E-state index in [0.717, 1.165) is 18.6 Å². The first-order chi connectivity index (χ1) is 8.52. The second kappa shape index (κ2) is 4.91. The van der Waals surface area contributed by atoms with Crippen LogP contribution in [0.3, 0.4) is 0 Å². The maximum Gasteiger partial charge on any atom is 0.150 e. The number of anilines is 1. The number of rotatable bonds is 2. The number of hydrogen-bond acceptors (Lipinski definition) is 3. The van der Waals surface area contributed by atoms with E-state index >= 15 is 0 Å². The molecular weight excluding hydrogens is 236 g/mol. The Morgan fingerprint density at radius 2 is 1.94 bits per heavy atom. The van der Waals surface area contributed by atoms with Gasteiger partial charge in [0.05, 0.1) is 11.6 Å². The van der Waals surface area contributed by atoms with Crippen molar-refractivity contribution in [3.05, 3.63) is 29.3 Å². The molecule has 18 heavy (non-hydrogen) atoms. The molecule has 1 aliphatic rings. The van der Waals surface area contributed by atoms with E-state index in [0.29, 0.717) is 19.1 Å². The van der Waals surface area contributed by atoms with Gasteiger partial charge in [0.15, 0.2) is 11.6 Å². The van der Waals surface area contributed by atoms with Gasteiger partial charge in [-0.3, -0.25) is 0 Å². The molecule has 1 aromatic carbocycles. The molecule has 2 rings (SSSR count). The van der Waals surface area contributed by atoms with Crippen molar-refractivity contribution in [1.82, 2.24) is 4.90 Å². The summed E-state index contributed by atoms with van der Waals surface area (Å²) in [5.41, 5.74) is -0.00421. The lowest BCUT2D eigenvalue weighted by molar-refractivity contribution is 0.315. The third-order valence-corrected chi connectivity index (χ3v) is 3.36. The highest BCUT2D eigenvalue weighted by Gasteiger charge is 2.28. The molecule has 0 aliphatic carbocycles. The molecule has 0 saturated carbocycles. The molecule has 1 aliphatic heterocycles. The maximum absolute atomic E-state index is 13.8. The van der Waals surface area contributed by atoms with Gasteiger partial charge in [-0.25, -0.2) is 8.78 Å². The normalized spacial score (nSPS) is 19.3. The summed E-state index contributed by atoms with van der Waals surface area (Å²) in [5.74, 6) is -1.32. The molecule has 1 fully saturated rings. The summed E-state index contributed by atoms with van der Waals surface area (Å²) in [7, 11) is 3.92. The summed E-state index contributed by atoms with van der Waals surface area (Å²) in [6, 6.07) is 4.22. The molecule has 0 amide bonds. The predicted molar refractivity (Wildman–Crippen MR) is 65.4 cm³/mol. The molecule has 0 radical (unpaired) electrons. The Morgan fingerprint density at radius 1 is 1.33 bits per heavy atom. The molecule has 96 valence electrons. The van der Waals surface area contributed by atoms with Crippen molar-refractivity contribution in [2.24, 2.45) is 0 Å². The van der Waals surface area contributed by atoms with Gasteiger partial charge in [-0.05, 0) is 32.6 Å². The Kier molecular flexibility index (Phi) is 3.48. The summed E-state index contributed by atoms with van der Waals surface area (Å²) in [6.45, 7) is 1.23. The minimum Gasteiger partial charge on any atom is -0.365 e. The summed E-state index contributed by atoms with van der Waals surface area (Å²) >= 11 is 0. The smallest absolute Gasteiger partial charge is 0.150 e. The number of hydrogen-bond donors (Lipinski definition) is 0. The number of nitrogens with zero attached hydrogens (tertiary/aromatic N) is 3. The van der Waals surface area contributed by atoms with E-state index < -0.39 is 11.6 Å². The lowest BCUT2D eigenvalue weighted by Gasteiger charge is -2.22. The summed E-state index contributed by atoms with van der Waals surface area (Å²) in [5, 5.41) is 8.65. The van der Waals surface area contributed by atoms with Gasteiger partial charge in [-0.1, -0.05) is 0 Å². The van der Waals surface area contributed by atoms with Gasteiger partial charge in [-0.2, -0.15) is 5.26 Å². The maximum atomic E-state index is 13.8. The van der Waals surface area contributed by atoms with Crippen LogP contribution in [0.25, 0.3) is 0 Å². The molecule has 1 aromatic rings. The number of nitriles is 1. The molecular formula is C13H15F2N3. The first-order valence-corrected chi connectivity index (χ1v) is 5.83. The Hall–Kier alpha value is -1.67. The standard InChI is InChI=1S/C13H15F2N3/c1-17(2)10-3-4-18(8-10)13-11(14)5-9(7-16)6-12(13)15/h5-6,10H,3-4,8H2,1-2H3. The number of likely N-dealkylation sites (N-methyl/N-ethyl adjacent to an activating group) is 1. The summed E-state index contributed by atoms with van der Waals surface area (Å²) in [4.78, 5) is 3.76. The minimum atomic E-state index is -0.661. The van der Waals surface area contributed by atoms with E-state index in [-0.39, 0.29) is 11.3 Å². The molecule has 5 heteroatoms. The van der Waals surface area contributed by atoms with Crippen molar-refractivity contribution >= 4 is 5.69 Å². The van der Waals surface area contributed by atoms with Crippen molar-refractivity contribution in [1.29, 1.82) is 5.26 Å². The Bertz CT molecular complexity index is 470. The molecule has 1 unspecified atom stereocenters. The van der Waals surface area contributed by atoms with Crippen LogP contribution < -0.4 is 4.90 Å².